The molecule has 100 valence electrons. The first-order chi connectivity index (χ1) is 8.84. The topological polar surface area (TPSA) is 38.9 Å². The summed E-state index contributed by atoms with van der Waals surface area (Å²) in [5, 5.41) is 0.213. The van der Waals surface area contributed by atoms with Gasteiger partial charge in [-0.05, 0) is 30.3 Å². The van der Waals surface area contributed by atoms with E-state index in [0.29, 0.717) is 0 Å². The average molecular weight is 349 g/mol. The number of aromatic nitrogens is 1. The number of alkyl halides is 3. The molecule has 0 atom stereocenters. The third kappa shape index (κ3) is 3.87. The van der Waals surface area contributed by atoms with Gasteiger partial charge in [-0.3, -0.25) is 0 Å². The van der Waals surface area contributed by atoms with E-state index in [1.54, 1.807) is 18.2 Å². The lowest BCUT2D eigenvalue weighted by molar-refractivity contribution is -0.137. The van der Waals surface area contributed by atoms with Crippen LogP contribution in [0.2, 0.25) is 0 Å². The van der Waals surface area contributed by atoms with Gasteiger partial charge < -0.3 is 5.73 Å². The highest BCUT2D eigenvalue weighted by Crippen LogP contribution is 2.35. The van der Waals surface area contributed by atoms with Gasteiger partial charge in [-0.15, -0.1) is 0 Å². The van der Waals surface area contributed by atoms with Crippen LogP contribution in [-0.2, 0) is 6.18 Å². The van der Waals surface area contributed by atoms with E-state index in [4.69, 9.17) is 5.73 Å². The molecule has 0 spiro atoms. The van der Waals surface area contributed by atoms with Gasteiger partial charge in [0.15, 0.2) is 0 Å². The number of nitrogen functional groups attached to an aromatic ring is 1. The zero-order chi connectivity index (χ0) is 14.0. The lowest BCUT2D eigenvalue weighted by atomic mass is 10.2. The van der Waals surface area contributed by atoms with Gasteiger partial charge in [0.1, 0.15) is 10.8 Å². The van der Waals surface area contributed by atoms with E-state index in [9.17, 15) is 13.2 Å². The van der Waals surface area contributed by atoms with Gasteiger partial charge in [0.2, 0.25) is 0 Å². The zero-order valence-corrected chi connectivity index (χ0v) is 11.8. The molecule has 2 nitrogen and oxygen atoms in total. The number of halogens is 4. The summed E-state index contributed by atoms with van der Waals surface area (Å²) in [4.78, 5) is 4.68. The minimum absolute atomic E-state index is 0.146. The van der Waals surface area contributed by atoms with Crippen LogP contribution in [0, 0.1) is 0 Å². The fourth-order valence-electron chi connectivity index (χ4n) is 1.39. The van der Waals surface area contributed by atoms with Crippen molar-refractivity contribution >= 4 is 33.5 Å². The van der Waals surface area contributed by atoms with Crippen molar-refractivity contribution in [3.05, 3.63) is 46.4 Å². The van der Waals surface area contributed by atoms with E-state index in [-0.39, 0.29) is 10.8 Å². The van der Waals surface area contributed by atoms with Crippen LogP contribution in [0.25, 0.3) is 0 Å². The van der Waals surface area contributed by atoms with E-state index in [2.05, 4.69) is 20.9 Å². The van der Waals surface area contributed by atoms with Crippen LogP contribution < -0.4 is 5.73 Å². The Labute approximate surface area is 120 Å². The van der Waals surface area contributed by atoms with Crippen molar-refractivity contribution in [1.29, 1.82) is 0 Å². The van der Waals surface area contributed by atoms with Gasteiger partial charge in [-0.1, -0.05) is 33.8 Å². The summed E-state index contributed by atoms with van der Waals surface area (Å²) in [6.07, 6.45) is -4.43. The first-order valence-corrected chi connectivity index (χ1v) is 6.74. The van der Waals surface area contributed by atoms with Crippen LogP contribution in [-0.4, -0.2) is 4.98 Å². The lowest BCUT2D eigenvalue weighted by Crippen LogP contribution is -2.07. The van der Waals surface area contributed by atoms with Gasteiger partial charge in [0.25, 0.3) is 0 Å². The minimum Gasteiger partial charge on any atom is -0.384 e. The quantitative estimate of drug-likeness (QED) is 0.862. The molecule has 0 saturated carbocycles. The fraction of sp³-hybridized carbons (Fsp3) is 0.0833. The molecule has 0 saturated heterocycles. The Hall–Kier alpha value is -1.21. The molecule has 0 aliphatic carbocycles. The molecule has 1 heterocycles. The summed E-state index contributed by atoms with van der Waals surface area (Å²) in [7, 11) is 0. The van der Waals surface area contributed by atoms with Crippen LogP contribution in [0.5, 0.6) is 0 Å². The van der Waals surface area contributed by atoms with E-state index in [0.717, 1.165) is 33.3 Å². The minimum atomic E-state index is -4.43. The van der Waals surface area contributed by atoms with Gasteiger partial charge in [-0.2, -0.15) is 13.2 Å². The highest BCUT2D eigenvalue weighted by Gasteiger charge is 2.31. The molecule has 1 aromatic heterocycles. The standard InChI is InChI=1S/C12H8BrF3N2S/c13-8-2-1-3-9(6-8)19-11-5-7(12(14,15)16)4-10(17)18-11/h1-6H,(H2,17,18). The molecular weight excluding hydrogens is 341 g/mol. The molecule has 2 aromatic rings. The summed E-state index contributed by atoms with van der Waals surface area (Å²) >= 11 is 4.42. The van der Waals surface area contributed by atoms with Crippen LogP contribution in [0.15, 0.2) is 50.8 Å². The van der Waals surface area contributed by atoms with Gasteiger partial charge >= 0.3 is 6.18 Å². The molecular formula is C12H8BrF3N2S. The maximum absolute atomic E-state index is 12.7. The second-order valence-corrected chi connectivity index (χ2v) is 5.69. The molecule has 0 aliphatic rings. The average Bonchev–Trinajstić information content (AvgIpc) is 2.26. The molecule has 2 N–H and O–H groups in total. The summed E-state index contributed by atoms with van der Waals surface area (Å²) < 4.78 is 38.8. The number of benzene rings is 1. The molecule has 7 heteroatoms. The molecule has 0 unspecified atom stereocenters. The lowest BCUT2D eigenvalue weighted by Gasteiger charge is -2.09. The SMILES string of the molecule is Nc1cc(C(F)(F)F)cc(Sc2cccc(Br)c2)n1. The Morgan fingerprint density at radius 3 is 2.53 bits per heavy atom. The Kier molecular flexibility index (Phi) is 4.05. The van der Waals surface area contributed by atoms with Crippen molar-refractivity contribution in [1.82, 2.24) is 4.98 Å². The van der Waals surface area contributed by atoms with Crippen LogP contribution in [0.4, 0.5) is 19.0 Å². The molecule has 19 heavy (non-hydrogen) atoms. The summed E-state index contributed by atoms with van der Waals surface area (Å²) in [5.74, 6) is -0.146. The zero-order valence-electron chi connectivity index (χ0n) is 9.41. The highest BCUT2D eigenvalue weighted by molar-refractivity contribution is 9.10. The maximum Gasteiger partial charge on any atom is 0.416 e. The van der Waals surface area contributed by atoms with Gasteiger partial charge in [0, 0.05) is 9.37 Å². The third-order valence-electron chi connectivity index (χ3n) is 2.17. The first-order valence-electron chi connectivity index (χ1n) is 5.13. The van der Waals surface area contributed by atoms with Crippen molar-refractivity contribution in [2.75, 3.05) is 5.73 Å². The number of hydrogen-bond donors (Lipinski definition) is 1. The first kappa shape index (κ1) is 14.2. The number of nitrogens with two attached hydrogens (primary N) is 1. The predicted molar refractivity (Wildman–Crippen MR) is 71.9 cm³/mol. The second kappa shape index (κ2) is 5.42. The predicted octanol–water partition coefficient (Wildman–Crippen LogP) is 4.60. The molecule has 1 aromatic carbocycles. The Bertz CT molecular complexity index is 602. The summed E-state index contributed by atoms with van der Waals surface area (Å²) in [6.45, 7) is 0. The Morgan fingerprint density at radius 2 is 1.89 bits per heavy atom. The number of nitrogens with zero attached hydrogens (tertiary/aromatic N) is 1. The van der Waals surface area contributed by atoms with Gasteiger partial charge in [-0.25, -0.2) is 4.98 Å². The number of hydrogen-bond acceptors (Lipinski definition) is 3. The third-order valence-corrected chi connectivity index (χ3v) is 3.57. The van der Waals surface area contributed by atoms with Crippen LogP contribution in [0.1, 0.15) is 5.56 Å². The highest BCUT2D eigenvalue weighted by atomic mass is 79.9. The van der Waals surface area contributed by atoms with Crippen molar-refractivity contribution in [3.63, 3.8) is 0 Å². The van der Waals surface area contributed by atoms with Gasteiger partial charge in [0.05, 0.1) is 5.56 Å². The molecule has 0 bridgehead atoms. The smallest absolute Gasteiger partial charge is 0.384 e. The molecule has 2 rings (SSSR count). The molecule has 0 aliphatic heterocycles. The maximum atomic E-state index is 12.7. The molecule has 0 radical (unpaired) electrons. The summed E-state index contributed by atoms with van der Waals surface area (Å²) in [5.41, 5.74) is 4.61. The Balaban J connectivity index is 2.33. The van der Waals surface area contributed by atoms with E-state index in [1.807, 2.05) is 6.07 Å². The number of pyridine rings is 1. The Morgan fingerprint density at radius 1 is 1.16 bits per heavy atom. The molecule has 0 fully saturated rings. The van der Waals surface area contributed by atoms with Crippen LogP contribution in [0.3, 0.4) is 0 Å². The molecule has 0 amide bonds. The fourth-order valence-corrected chi connectivity index (χ4v) is 2.85. The second-order valence-electron chi connectivity index (χ2n) is 3.68. The van der Waals surface area contributed by atoms with Crippen molar-refractivity contribution in [2.24, 2.45) is 0 Å². The largest absolute Gasteiger partial charge is 0.416 e. The van der Waals surface area contributed by atoms with Crippen molar-refractivity contribution in [3.8, 4) is 0 Å². The number of anilines is 1. The normalized spacial score (nSPS) is 11.6. The monoisotopic (exact) mass is 348 g/mol. The van der Waals surface area contributed by atoms with E-state index < -0.39 is 11.7 Å². The number of rotatable bonds is 2. The summed E-state index contributed by atoms with van der Waals surface area (Å²) in [6, 6.07) is 9.02. The van der Waals surface area contributed by atoms with Crippen molar-refractivity contribution in [2.45, 2.75) is 16.1 Å². The van der Waals surface area contributed by atoms with E-state index >= 15 is 0 Å². The van der Waals surface area contributed by atoms with E-state index in [1.165, 1.54) is 0 Å². The van der Waals surface area contributed by atoms with Crippen LogP contribution >= 0.6 is 27.7 Å². The van der Waals surface area contributed by atoms with Crippen molar-refractivity contribution < 1.29 is 13.2 Å².